The van der Waals surface area contributed by atoms with Gasteiger partial charge >= 0.3 is 11.9 Å². The van der Waals surface area contributed by atoms with Crippen molar-refractivity contribution in [2.45, 2.75) is 72.8 Å². The van der Waals surface area contributed by atoms with E-state index < -0.39 is 0 Å². The van der Waals surface area contributed by atoms with E-state index >= 15 is 0 Å². The van der Waals surface area contributed by atoms with E-state index in [9.17, 15) is 9.59 Å². The van der Waals surface area contributed by atoms with Crippen molar-refractivity contribution in [2.75, 3.05) is 6.61 Å². The smallest absolute Gasteiger partial charge is 0.306 e. The number of hydrogen-bond donors (Lipinski definition) is 0. The molecule has 0 atom stereocenters. The van der Waals surface area contributed by atoms with E-state index in [4.69, 9.17) is 4.74 Å². The Hall–Kier alpha value is -1.06. The summed E-state index contributed by atoms with van der Waals surface area (Å²) in [7, 11) is 0. The minimum atomic E-state index is -0.327. The minimum absolute atomic E-state index is 0.0880. The quantitative estimate of drug-likeness (QED) is 0.710. The lowest BCUT2D eigenvalue weighted by Gasteiger charge is -2.18. The number of carbonyl (C=O) groups is 2. The number of rotatable bonds is 5. The Labute approximate surface area is 111 Å². The average molecular weight is 260 g/mol. The third-order valence-corrected chi connectivity index (χ3v) is 1.63. The molecular weight excluding hydrogens is 232 g/mol. The number of carbonyl (C=O) groups excluding carboxylic acids is 2. The highest BCUT2D eigenvalue weighted by Gasteiger charge is 2.14. The van der Waals surface area contributed by atoms with E-state index in [1.165, 1.54) is 0 Å². The second kappa shape index (κ2) is 11.1. The predicted molar refractivity (Wildman–Crippen MR) is 72.3 cm³/mol. The first-order chi connectivity index (χ1) is 8.26. The Morgan fingerprint density at radius 3 is 1.67 bits per heavy atom. The Morgan fingerprint density at radius 2 is 1.33 bits per heavy atom. The van der Waals surface area contributed by atoms with E-state index in [2.05, 4.69) is 4.74 Å². The van der Waals surface area contributed by atoms with Crippen LogP contribution < -0.4 is 0 Å². The van der Waals surface area contributed by atoms with Crippen LogP contribution >= 0.6 is 0 Å². The molecule has 0 rings (SSSR count). The van der Waals surface area contributed by atoms with Crippen molar-refractivity contribution < 1.29 is 19.1 Å². The first kappa shape index (κ1) is 19.3. The summed E-state index contributed by atoms with van der Waals surface area (Å²) in [6, 6.07) is 0. The van der Waals surface area contributed by atoms with Crippen LogP contribution in [0, 0.1) is 0 Å². The SMILES string of the molecule is CCCC(=O)OC(C)(C)C.CCCC(=O)OCC. The maximum atomic E-state index is 10.8. The molecule has 0 radical (unpaired) electrons. The van der Waals surface area contributed by atoms with Gasteiger partial charge in [-0.25, -0.2) is 0 Å². The van der Waals surface area contributed by atoms with Gasteiger partial charge in [-0.15, -0.1) is 0 Å². The summed E-state index contributed by atoms with van der Waals surface area (Å²) >= 11 is 0. The lowest BCUT2D eigenvalue weighted by atomic mass is 10.2. The molecule has 0 N–H and O–H groups in total. The Kier molecular flexibility index (Phi) is 11.8. The van der Waals surface area contributed by atoms with Crippen LogP contribution in [0.25, 0.3) is 0 Å². The summed E-state index contributed by atoms with van der Waals surface area (Å²) in [4.78, 5) is 21.3. The van der Waals surface area contributed by atoms with Crippen LogP contribution in [0.1, 0.15) is 67.2 Å². The molecular formula is C14H28O4. The van der Waals surface area contributed by atoms with Gasteiger partial charge < -0.3 is 9.47 Å². The number of ether oxygens (including phenoxy) is 2. The van der Waals surface area contributed by atoms with Gasteiger partial charge in [0.25, 0.3) is 0 Å². The lowest BCUT2D eigenvalue weighted by molar-refractivity contribution is -0.154. The molecule has 0 fully saturated rings. The summed E-state index contributed by atoms with van der Waals surface area (Å²) in [5.74, 6) is -0.190. The molecule has 0 aromatic carbocycles. The maximum Gasteiger partial charge on any atom is 0.306 e. The van der Waals surface area contributed by atoms with Crippen molar-refractivity contribution in [1.29, 1.82) is 0 Å². The van der Waals surface area contributed by atoms with Gasteiger partial charge in [0.15, 0.2) is 0 Å². The van der Waals surface area contributed by atoms with Gasteiger partial charge in [0.1, 0.15) is 5.60 Å². The number of esters is 2. The zero-order valence-electron chi connectivity index (χ0n) is 12.7. The van der Waals surface area contributed by atoms with Crippen LogP contribution in [0.3, 0.4) is 0 Å². The van der Waals surface area contributed by atoms with Gasteiger partial charge in [0.05, 0.1) is 6.61 Å². The van der Waals surface area contributed by atoms with Gasteiger partial charge in [-0.1, -0.05) is 13.8 Å². The van der Waals surface area contributed by atoms with Gasteiger partial charge in [-0.05, 0) is 40.5 Å². The van der Waals surface area contributed by atoms with Crippen LogP contribution in [0.15, 0.2) is 0 Å². The highest BCUT2D eigenvalue weighted by atomic mass is 16.6. The largest absolute Gasteiger partial charge is 0.466 e. The fraction of sp³-hybridized carbons (Fsp3) is 0.857. The predicted octanol–water partition coefficient (Wildman–Crippen LogP) is 3.48. The van der Waals surface area contributed by atoms with Crippen molar-refractivity contribution in [3.05, 3.63) is 0 Å². The second-order valence-electron chi connectivity index (χ2n) is 4.89. The summed E-state index contributed by atoms with van der Waals surface area (Å²) in [5, 5.41) is 0. The van der Waals surface area contributed by atoms with Crippen LogP contribution in [0.2, 0.25) is 0 Å². The first-order valence-electron chi connectivity index (χ1n) is 6.64. The Balaban J connectivity index is 0. The normalized spacial score (nSPS) is 10.1. The van der Waals surface area contributed by atoms with Gasteiger partial charge in [0.2, 0.25) is 0 Å². The molecule has 108 valence electrons. The van der Waals surface area contributed by atoms with Crippen molar-refractivity contribution in [3.8, 4) is 0 Å². The molecule has 0 aliphatic carbocycles. The summed E-state index contributed by atoms with van der Waals surface area (Å²) < 4.78 is 9.68. The van der Waals surface area contributed by atoms with Crippen molar-refractivity contribution in [1.82, 2.24) is 0 Å². The van der Waals surface area contributed by atoms with Crippen LogP contribution in [0.5, 0.6) is 0 Å². The van der Waals surface area contributed by atoms with Crippen molar-refractivity contribution >= 4 is 11.9 Å². The van der Waals surface area contributed by atoms with Crippen LogP contribution in [-0.2, 0) is 19.1 Å². The molecule has 4 heteroatoms. The van der Waals surface area contributed by atoms with E-state index in [0.717, 1.165) is 12.8 Å². The first-order valence-corrected chi connectivity index (χ1v) is 6.64. The molecule has 0 bridgehead atoms. The summed E-state index contributed by atoms with van der Waals surface area (Å²) in [6.07, 6.45) is 2.80. The molecule has 4 nitrogen and oxygen atoms in total. The molecule has 0 spiro atoms. The fourth-order valence-electron chi connectivity index (χ4n) is 1.03. The van der Waals surface area contributed by atoms with Gasteiger partial charge in [-0.2, -0.15) is 0 Å². The molecule has 0 unspecified atom stereocenters. The topological polar surface area (TPSA) is 52.6 Å². The monoisotopic (exact) mass is 260 g/mol. The summed E-state index contributed by atoms with van der Waals surface area (Å²) in [5.41, 5.74) is -0.327. The molecule has 0 aliphatic heterocycles. The van der Waals surface area contributed by atoms with E-state index in [1.54, 1.807) is 0 Å². The van der Waals surface area contributed by atoms with E-state index in [0.29, 0.717) is 19.4 Å². The highest BCUT2D eigenvalue weighted by molar-refractivity contribution is 5.69. The maximum absolute atomic E-state index is 10.8. The zero-order valence-corrected chi connectivity index (χ0v) is 12.7. The molecule has 0 saturated heterocycles. The minimum Gasteiger partial charge on any atom is -0.466 e. The van der Waals surface area contributed by atoms with Crippen LogP contribution in [-0.4, -0.2) is 24.1 Å². The Bertz CT molecular complexity index is 220. The zero-order chi connectivity index (χ0) is 14.6. The van der Waals surface area contributed by atoms with Crippen molar-refractivity contribution in [2.24, 2.45) is 0 Å². The molecule has 0 aromatic heterocycles. The lowest BCUT2D eigenvalue weighted by Crippen LogP contribution is -2.23. The van der Waals surface area contributed by atoms with Gasteiger partial charge in [0, 0.05) is 12.8 Å². The molecule has 18 heavy (non-hydrogen) atoms. The van der Waals surface area contributed by atoms with Gasteiger partial charge in [-0.3, -0.25) is 9.59 Å². The molecule has 0 saturated carbocycles. The summed E-state index contributed by atoms with van der Waals surface area (Å²) in [6.45, 7) is 11.9. The van der Waals surface area contributed by atoms with Crippen LogP contribution in [0.4, 0.5) is 0 Å². The van der Waals surface area contributed by atoms with Crippen molar-refractivity contribution in [3.63, 3.8) is 0 Å². The molecule has 0 amide bonds. The standard InChI is InChI=1S/C8H16O2.C6H12O2/c1-5-6-7(9)10-8(2,3)4;1-3-5-6(7)8-4-2/h5-6H2,1-4H3;3-5H2,1-2H3. The fourth-order valence-corrected chi connectivity index (χ4v) is 1.03. The highest BCUT2D eigenvalue weighted by Crippen LogP contribution is 2.08. The second-order valence-corrected chi connectivity index (χ2v) is 4.89. The molecule has 0 heterocycles. The van der Waals surface area contributed by atoms with E-state index in [-0.39, 0.29) is 17.5 Å². The Morgan fingerprint density at radius 1 is 0.889 bits per heavy atom. The molecule has 0 aliphatic rings. The molecule has 0 aromatic rings. The third kappa shape index (κ3) is 17.3. The van der Waals surface area contributed by atoms with E-state index in [1.807, 2.05) is 41.5 Å². The number of hydrogen-bond acceptors (Lipinski definition) is 4. The average Bonchev–Trinajstić information content (AvgIpc) is 2.16. The third-order valence-electron chi connectivity index (χ3n) is 1.63.